The van der Waals surface area contributed by atoms with E-state index in [1.165, 1.54) is 0 Å². The standard InChI is InChI=1S/C20H24N2O5/c1-4-26-20(24)21-16-7-5-15(6-8-16)19(23)22(2)13-14-27-18-11-9-17(25-3)10-12-18/h5-12H,4,13-14H2,1-3H3,(H,21,24). The zero-order valence-electron chi connectivity index (χ0n) is 15.7. The van der Waals surface area contributed by atoms with E-state index in [1.54, 1.807) is 50.2 Å². The number of methoxy groups -OCH3 is 1. The van der Waals surface area contributed by atoms with Crippen molar-refractivity contribution in [1.29, 1.82) is 0 Å². The Kier molecular flexibility index (Phi) is 7.49. The molecule has 0 heterocycles. The molecule has 2 amide bonds. The molecule has 7 heteroatoms. The predicted octanol–water partition coefficient (Wildman–Crippen LogP) is 3.41. The minimum atomic E-state index is -0.524. The highest BCUT2D eigenvalue weighted by Gasteiger charge is 2.12. The van der Waals surface area contributed by atoms with Crippen LogP contribution in [0.1, 0.15) is 17.3 Å². The van der Waals surface area contributed by atoms with Crippen LogP contribution < -0.4 is 14.8 Å². The number of amides is 2. The second kappa shape index (κ2) is 10.1. The summed E-state index contributed by atoms with van der Waals surface area (Å²) < 4.78 is 15.5. The number of rotatable bonds is 8. The molecule has 144 valence electrons. The molecule has 0 radical (unpaired) electrons. The first-order valence-corrected chi connectivity index (χ1v) is 8.59. The van der Waals surface area contributed by atoms with Crippen molar-refractivity contribution in [1.82, 2.24) is 4.90 Å². The molecule has 0 aliphatic carbocycles. The lowest BCUT2D eigenvalue weighted by atomic mass is 10.2. The van der Waals surface area contributed by atoms with Crippen LogP contribution in [0.25, 0.3) is 0 Å². The third-order valence-corrected chi connectivity index (χ3v) is 3.76. The molecule has 0 saturated heterocycles. The molecule has 0 aromatic heterocycles. The first-order valence-electron chi connectivity index (χ1n) is 8.59. The van der Waals surface area contributed by atoms with Gasteiger partial charge in [0.05, 0.1) is 20.3 Å². The van der Waals surface area contributed by atoms with E-state index in [9.17, 15) is 9.59 Å². The van der Waals surface area contributed by atoms with E-state index < -0.39 is 6.09 Å². The number of likely N-dealkylation sites (N-methyl/N-ethyl adjacent to an activating group) is 1. The number of anilines is 1. The zero-order valence-corrected chi connectivity index (χ0v) is 15.7. The summed E-state index contributed by atoms with van der Waals surface area (Å²) in [5.74, 6) is 1.34. The maximum Gasteiger partial charge on any atom is 0.411 e. The molecule has 1 N–H and O–H groups in total. The lowest BCUT2D eigenvalue weighted by molar-refractivity contribution is 0.0774. The van der Waals surface area contributed by atoms with E-state index in [2.05, 4.69) is 5.32 Å². The molecule has 0 saturated carbocycles. The fourth-order valence-corrected chi connectivity index (χ4v) is 2.28. The highest BCUT2D eigenvalue weighted by molar-refractivity contribution is 5.95. The Balaban J connectivity index is 1.82. The van der Waals surface area contributed by atoms with E-state index >= 15 is 0 Å². The Labute approximate surface area is 158 Å². The Morgan fingerprint density at radius 1 is 1.00 bits per heavy atom. The summed E-state index contributed by atoms with van der Waals surface area (Å²) in [6.07, 6.45) is -0.524. The van der Waals surface area contributed by atoms with Gasteiger partial charge in [-0.3, -0.25) is 10.1 Å². The number of ether oxygens (including phenoxy) is 3. The van der Waals surface area contributed by atoms with Gasteiger partial charge < -0.3 is 19.1 Å². The Hall–Kier alpha value is -3.22. The van der Waals surface area contributed by atoms with Gasteiger partial charge in [-0.25, -0.2) is 4.79 Å². The number of nitrogens with zero attached hydrogens (tertiary/aromatic N) is 1. The molecular weight excluding hydrogens is 348 g/mol. The van der Waals surface area contributed by atoms with Crippen LogP contribution in [0.3, 0.4) is 0 Å². The quantitative estimate of drug-likeness (QED) is 0.768. The second-order valence-corrected chi connectivity index (χ2v) is 5.67. The number of nitrogens with one attached hydrogen (secondary N) is 1. The summed E-state index contributed by atoms with van der Waals surface area (Å²) in [5, 5.41) is 2.58. The number of carbonyl (C=O) groups is 2. The molecule has 0 aliphatic rings. The van der Waals surface area contributed by atoms with Gasteiger partial charge in [0, 0.05) is 18.3 Å². The molecule has 0 fully saturated rings. The summed E-state index contributed by atoms with van der Waals surface area (Å²) in [4.78, 5) is 25.4. The highest BCUT2D eigenvalue weighted by atomic mass is 16.5. The van der Waals surface area contributed by atoms with Crippen molar-refractivity contribution in [3.05, 3.63) is 54.1 Å². The van der Waals surface area contributed by atoms with Crippen LogP contribution in [0.5, 0.6) is 11.5 Å². The molecule has 7 nitrogen and oxygen atoms in total. The fourth-order valence-electron chi connectivity index (χ4n) is 2.28. The smallest absolute Gasteiger partial charge is 0.411 e. The monoisotopic (exact) mass is 372 g/mol. The maximum atomic E-state index is 12.4. The van der Waals surface area contributed by atoms with Gasteiger partial charge >= 0.3 is 6.09 Å². The van der Waals surface area contributed by atoms with Crippen molar-refractivity contribution in [2.45, 2.75) is 6.92 Å². The van der Waals surface area contributed by atoms with Crippen LogP contribution in [0.2, 0.25) is 0 Å². The van der Waals surface area contributed by atoms with Crippen LogP contribution in [0, 0.1) is 0 Å². The van der Waals surface area contributed by atoms with Crippen LogP contribution in [0.4, 0.5) is 10.5 Å². The van der Waals surface area contributed by atoms with Crippen molar-refractivity contribution in [2.24, 2.45) is 0 Å². The normalized spacial score (nSPS) is 10.0. The van der Waals surface area contributed by atoms with E-state index in [4.69, 9.17) is 14.2 Å². The summed E-state index contributed by atoms with van der Waals surface area (Å²) in [6, 6.07) is 13.9. The third-order valence-electron chi connectivity index (χ3n) is 3.76. The number of benzene rings is 2. The molecule has 2 rings (SSSR count). The van der Waals surface area contributed by atoms with Gasteiger partial charge in [0.2, 0.25) is 0 Å². The molecule has 2 aromatic rings. The second-order valence-electron chi connectivity index (χ2n) is 5.67. The molecule has 0 spiro atoms. The van der Waals surface area contributed by atoms with Crippen LogP contribution in [0.15, 0.2) is 48.5 Å². The van der Waals surface area contributed by atoms with Crippen molar-refractivity contribution in [3.8, 4) is 11.5 Å². The van der Waals surface area contributed by atoms with Gasteiger partial charge in [0.15, 0.2) is 0 Å². The van der Waals surface area contributed by atoms with Gasteiger partial charge in [-0.1, -0.05) is 0 Å². The van der Waals surface area contributed by atoms with Gasteiger partial charge in [-0.05, 0) is 55.5 Å². The summed E-state index contributed by atoms with van der Waals surface area (Å²) in [6.45, 7) is 2.84. The third kappa shape index (κ3) is 6.22. The number of hydrogen-bond acceptors (Lipinski definition) is 5. The fraction of sp³-hybridized carbons (Fsp3) is 0.300. The van der Waals surface area contributed by atoms with Gasteiger partial charge in [-0.15, -0.1) is 0 Å². The molecular formula is C20H24N2O5. The molecule has 27 heavy (non-hydrogen) atoms. The first-order chi connectivity index (χ1) is 13.0. The van der Waals surface area contributed by atoms with Gasteiger partial charge in [0.1, 0.15) is 18.1 Å². The van der Waals surface area contributed by atoms with E-state index in [1.807, 2.05) is 24.3 Å². The summed E-state index contributed by atoms with van der Waals surface area (Å²) in [5.41, 5.74) is 1.09. The molecule has 2 aromatic carbocycles. The average molecular weight is 372 g/mol. The lowest BCUT2D eigenvalue weighted by Gasteiger charge is -2.18. The highest BCUT2D eigenvalue weighted by Crippen LogP contribution is 2.17. The van der Waals surface area contributed by atoms with Crippen LogP contribution in [-0.2, 0) is 4.74 Å². The molecule has 0 aliphatic heterocycles. The first kappa shape index (κ1) is 20.1. The van der Waals surface area contributed by atoms with Crippen molar-refractivity contribution >= 4 is 17.7 Å². The van der Waals surface area contributed by atoms with E-state index in [0.717, 1.165) is 5.75 Å². The number of carbonyl (C=O) groups excluding carboxylic acids is 2. The average Bonchev–Trinajstić information content (AvgIpc) is 2.68. The minimum absolute atomic E-state index is 0.129. The van der Waals surface area contributed by atoms with Crippen LogP contribution in [-0.4, -0.2) is 50.8 Å². The minimum Gasteiger partial charge on any atom is -0.497 e. The largest absolute Gasteiger partial charge is 0.497 e. The molecule has 0 unspecified atom stereocenters. The Morgan fingerprint density at radius 3 is 2.22 bits per heavy atom. The number of hydrogen-bond donors (Lipinski definition) is 1. The summed E-state index contributed by atoms with van der Waals surface area (Å²) >= 11 is 0. The van der Waals surface area contributed by atoms with Crippen LogP contribution >= 0.6 is 0 Å². The van der Waals surface area contributed by atoms with Gasteiger partial charge in [0.25, 0.3) is 5.91 Å². The maximum absolute atomic E-state index is 12.4. The SMILES string of the molecule is CCOC(=O)Nc1ccc(C(=O)N(C)CCOc2ccc(OC)cc2)cc1. The van der Waals surface area contributed by atoms with Crippen molar-refractivity contribution in [3.63, 3.8) is 0 Å². The van der Waals surface area contributed by atoms with E-state index in [0.29, 0.717) is 36.8 Å². The van der Waals surface area contributed by atoms with E-state index in [-0.39, 0.29) is 5.91 Å². The van der Waals surface area contributed by atoms with Gasteiger partial charge in [-0.2, -0.15) is 0 Å². The zero-order chi connectivity index (χ0) is 19.6. The van der Waals surface area contributed by atoms with Crippen molar-refractivity contribution < 1.29 is 23.8 Å². The topological polar surface area (TPSA) is 77.1 Å². The summed E-state index contributed by atoms with van der Waals surface area (Å²) in [7, 11) is 3.32. The lowest BCUT2D eigenvalue weighted by Crippen LogP contribution is -2.30. The Bertz CT molecular complexity index is 744. The molecule has 0 bridgehead atoms. The molecule has 0 atom stereocenters. The predicted molar refractivity (Wildman–Crippen MR) is 103 cm³/mol. The van der Waals surface area contributed by atoms with Crippen molar-refractivity contribution in [2.75, 3.05) is 39.2 Å². The Morgan fingerprint density at radius 2 is 1.63 bits per heavy atom.